The van der Waals surface area contributed by atoms with E-state index in [4.69, 9.17) is 5.73 Å². The Balaban J connectivity index is 2.50. The molecule has 3 N–H and O–H groups in total. The first-order chi connectivity index (χ1) is 8.47. The van der Waals surface area contributed by atoms with E-state index in [1.807, 2.05) is 0 Å². The molecule has 0 bridgehead atoms. The number of aromatic nitrogens is 1. The fraction of sp³-hybridized carbons (Fsp3) is 0.385. The summed E-state index contributed by atoms with van der Waals surface area (Å²) in [5.41, 5.74) is 7.08. The Morgan fingerprint density at radius 1 is 1.39 bits per heavy atom. The number of allylic oxidation sites excluding steroid dienone is 1. The van der Waals surface area contributed by atoms with Gasteiger partial charge >= 0.3 is 6.18 Å². The zero-order valence-corrected chi connectivity index (χ0v) is 9.85. The monoisotopic (exact) mass is 256 g/mol. The summed E-state index contributed by atoms with van der Waals surface area (Å²) < 4.78 is 38.3. The van der Waals surface area contributed by atoms with Crippen LogP contribution >= 0.6 is 0 Å². The lowest BCUT2D eigenvalue weighted by Crippen LogP contribution is -2.32. The SMILES string of the molecule is C=C/C=c1/[nH]c2c(/c1=C/N)CC(C(F)(F)F)CC2. The van der Waals surface area contributed by atoms with Crippen molar-refractivity contribution in [3.63, 3.8) is 0 Å². The Morgan fingerprint density at radius 2 is 2.11 bits per heavy atom. The molecule has 0 aliphatic heterocycles. The molecule has 2 nitrogen and oxygen atoms in total. The average molecular weight is 256 g/mol. The van der Waals surface area contributed by atoms with E-state index < -0.39 is 12.1 Å². The quantitative estimate of drug-likeness (QED) is 0.782. The van der Waals surface area contributed by atoms with Crippen molar-refractivity contribution in [2.75, 3.05) is 0 Å². The van der Waals surface area contributed by atoms with Crippen molar-refractivity contribution in [1.29, 1.82) is 0 Å². The molecule has 0 spiro atoms. The number of fused-ring (bicyclic) bond motifs is 1. The number of nitrogens with two attached hydrogens (primary N) is 1. The van der Waals surface area contributed by atoms with Gasteiger partial charge in [-0.25, -0.2) is 0 Å². The molecule has 5 heteroatoms. The van der Waals surface area contributed by atoms with Gasteiger partial charge in [0.25, 0.3) is 0 Å². The highest BCUT2D eigenvalue weighted by Crippen LogP contribution is 2.35. The van der Waals surface area contributed by atoms with Gasteiger partial charge in [0.15, 0.2) is 0 Å². The molecule has 1 atom stereocenters. The van der Waals surface area contributed by atoms with Crippen LogP contribution in [0.15, 0.2) is 12.7 Å². The van der Waals surface area contributed by atoms with Crippen molar-refractivity contribution in [3.8, 4) is 0 Å². The lowest BCUT2D eigenvalue weighted by Gasteiger charge is -2.24. The molecule has 1 aliphatic rings. The number of halogens is 3. The normalized spacial score (nSPS) is 22.1. The van der Waals surface area contributed by atoms with Crippen molar-refractivity contribution in [2.24, 2.45) is 11.7 Å². The smallest absolute Gasteiger partial charge is 0.392 e. The van der Waals surface area contributed by atoms with Crippen molar-refractivity contribution in [2.45, 2.75) is 25.4 Å². The van der Waals surface area contributed by atoms with E-state index >= 15 is 0 Å². The van der Waals surface area contributed by atoms with Crippen LogP contribution in [-0.2, 0) is 12.8 Å². The van der Waals surface area contributed by atoms with Gasteiger partial charge in [0, 0.05) is 22.5 Å². The molecule has 0 amide bonds. The summed E-state index contributed by atoms with van der Waals surface area (Å²) in [6, 6.07) is 0. The molecule has 1 aromatic rings. The molecule has 0 aromatic carbocycles. The second-order valence-electron chi connectivity index (χ2n) is 4.46. The first-order valence-corrected chi connectivity index (χ1v) is 5.78. The minimum absolute atomic E-state index is 0.00332. The van der Waals surface area contributed by atoms with Crippen molar-refractivity contribution in [1.82, 2.24) is 4.98 Å². The molecule has 2 rings (SSSR count). The van der Waals surface area contributed by atoms with Gasteiger partial charge in [-0.15, -0.1) is 0 Å². The number of hydrogen-bond donors (Lipinski definition) is 2. The van der Waals surface area contributed by atoms with Crippen molar-refractivity contribution >= 4 is 12.3 Å². The second-order valence-corrected chi connectivity index (χ2v) is 4.46. The zero-order chi connectivity index (χ0) is 13.3. The Hall–Kier alpha value is -1.65. The van der Waals surface area contributed by atoms with Crippen LogP contribution in [0.1, 0.15) is 17.7 Å². The number of hydrogen-bond acceptors (Lipinski definition) is 1. The standard InChI is InChI=1S/C13H15F3N2/c1-2-3-11-10(7-17)9-6-8(13(14,15)16)4-5-12(9)18-11/h2-3,7-8,18H,1,4-6,17H2/b10-7-,11-3+. The molecule has 98 valence electrons. The number of H-pyrrole nitrogens is 1. The third kappa shape index (κ3) is 2.17. The largest absolute Gasteiger partial charge is 0.404 e. The van der Waals surface area contributed by atoms with Gasteiger partial charge < -0.3 is 10.7 Å². The van der Waals surface area contributed by atoms with Gasteiger partial charge in [0.05, 0.1) is 5.92 Å². The highest BCUT2D eigenvalue weighted by molar-refractivity contribution is 5.41. The Bertz CT molecular complexity index is 566. The number of aryl methyl sites for hydroxylation is 1. The molecular weight excluding hydrogens is 241 g/mol. The van der Waals surface area contributed by atoms with E-state index in [0.29, 0.717) is 17.2 Å². The van der Waals surface area contributed by atoms with Crippen LogP contribution in [0.25, 0.3) is 12.3 Å². The third-order valence-electron chi connectivity index (χ3n) is 3.37. The van der Waals surface area contributed by atoms with Crippen LogP contribution in [0.4, 0.5) is 13.2 Å². The van der Waals surface area contributed by atoms with Gasteiger partial charge in [-0.05, 0) is 30.9 Å². The number of nitrogens with one attached hydrogen (secondary N) is 1. The third-order valence-corrected chi connectivity index (χ3v) is 3.37. The number of aromatic amines is 1. The fourth-order valence-electron chi connectivity index (χ4n) is 2.46. The average Bonchev–Trinajstić information content (AvgIpc) is 2.64. The molecule has 0 saturated carbocycles. The summed E-state index contributed by atoms with van der Waals surface area (Å²) in [6.07, 6.45) is 1.08. The van der Waals surface area contributed by atoms with E-state index in [9.17, 15) is 13.2 Å². The summed E-state index contributed by atoms with van der Waals surface area (Å²) in [7, 11) is 0. The molecule has 1 aliphatic carbocycles. The van der Waals surface area contributed by atoms with Crippen LogP contribution in [-0.4, -0.2) is 11.2 Å². The van der Waals surface area contributed by atoms with Crippen LogP contribution in [0.5, 0.6) is 0 Å². The van der Waals surface area contributed by atoms with Crippen LogP contribution < -0.4 is 16.3 Å². The first kappa shape index (κ1) is 12.8. The van der Waals surface area contributed by atoms with Gasteiger partial charge in [-0.1, -0.05) is 12.7 Å². The lowest BCUT2D eigenvalue weighted by molar-refractivity contribution is -0.177. The van der Waals surface area contributed by atoms with Gasteiger partial charge in [0.2, 0.25) is 0 Å². The maximum atomic E-state index is 12.8. The van der Waals surface area contributed by atoms with Gasteiger partial charge in [-0.2, -0.15) is 13.2 Å². The van der Waals surface area contributed by atoms with Crippen LogP contribution in [0.2, 0.25) is 0 Å². The molecule has 1 heterocycles. The predicted molar refractivity (Wildman–Crippen MR) is 64.9 cm³/mol. The maximum absolute atomic E-state index is 12.8. The highest BCUT2D eigenvalue weighted by Gasteiger charge is 2.41. The minimum atomic E-state index is -4.14. The number of rotatable bonds is 1. The van der Waals surface area contributed by atoms with E-state index in [2.05, 4.69) is 11.6 Å². The second kappa shape index (κ2) is 4.55. The fourth-order valence-corrected chi connectivity index (χ4v) is 2.46. The molecule has 18 heavy (non-hydrogen) atoms. The lowest BCUT2D eigenvalue weighted by atomic mass is 9.86. The molecule has 1 aromatic heterocycles. The Labute approximate surface area is 103 Å². The van der Waals surface area contributed by atoms with Crippen LogP contribution in [0.3, 0.4) is 0 Å². The summed E-state index contributed by atoms with van der Waals surface area (Å²) in [5, 5.41) is 1.40. The summed E-state index contributed by atoms with van der Waals surface area (Å²) in [4.78, 5) is 3.12. The minimum Gasteiger partial charge on any atom is -0.404 e. The van der Waals surface area contributed by atoms with Crippen molar-refractivity contribution < 1.29 is 13.2 Å². The number of alkyl halides is 3. The van der Waals surface area contributed by atoms with E-state index in [-0.39, 0.29) is 12.8 Å². The first-order valence-electron chi connectivity index (χ1n) is 5.78. The van der Waals surface area contributed by atoms with Gasteiger partial charge in [-0.3, -0.25) is 0 Å². The zero-order valence-electron chi connectivity index (χ0n) is 9.85. The van der Waals surface area contributed by atoms with E-state index in [0.717, 1.165) is 11.0 Å². The van der Waals surface area contributed by atoms with E-state index in [1.54, 1.807) is 12.2 Å². The van der Waals surface area contributed by atoms with Crippen LogP contribution in [0, 0.1) is 5.92 Å². The van der Waals surface area contributed by atoms with E-state index in [1.165, 1.54) is 6.20 Å². The highest BCUT2D eigenvalue weighted by atomic mass is 19.4. The molecular formula is C13H15F3N2. The summed E-state index contributed by atoms with van der Waals surface area (Å²) >= 11 is 0. The van der Waals surface area contributed by atoms with Crippen molar-refractivity contribution in [3.05, 3.63) is 34.5 Å². The Morgan fingerprint density at radius 3 is 2.67 bits per heavy atom. The summed E-state index contributed by atoms with van der Waals surface area (Å²) in [6.45, 7) is 3.58. The molecule has 0 radical (unpaired) electrons. The maximum Gasteiger partial charge on any atom is 0.392 e. The summed E-state index contributed by atoms with van der Waals surface area (Å²) in [5.74, 6) is -1.27. The topological polar surface area (TPSA) is 41.8 Å². The molecule has 0 saturated heterocycles. The van der Waals surface area contributed by atoms with Gasteiger partial charge in [0.1, 0.15) is 0 Å². The molecule has 0 fully saturated rings. The predicted octanol–water partition coefficient (Wildman–Crippen LogP) is 1.35. The molecule has 1 unspecified atom stereocenters. The Kier molecular flexibility index (Phi) is 3.24.